The number of aryl methyl sites for hydroxylation is 1. The second-order valence-corrected chi connectivity index (χ2v) is 13.3. The van der Waals surface area contributed by atoms with Crippen LogP contribution in [0.25, 0.3) is 22.0 Å². The molecule has 2 aromatic carbocycles. The molecule has 1 aliphatic carbocycles. The Morgan fingerprint density at radius 1 is 0.976 bits per heavy atom. The van der Waals surface area contributed by atoms with E-state index in [4.69, 9.17) is 21.5 Å². The lowest BCUT2D eigenvalue weighted by Gasteiger charge is -2.23. The third kappa shape index (κ3) is 5.68. The van der Waals surface area contributed by atoms with Gasteiger partial charge in [0.2, 0.25) is 11.8 Å². The molecule has 0 amide bonds. The van der Waals surface area contributed by atoms with Crippen molar-refractivity contribution in [1.29, 1.82) is 0 Å². The maximum atomic E-state index is 13.3. The summed E-state index contributed by atoms with van der Waals surface area (Å²) in [5.74, 6) is 1.52. The van der Waals surface area contributed by atoms with Gasteiger partial charge in [-0.25, -0.2) is 23.4 Å². The molecule has 214 valence electrons. The Kier molecular flexibility index (Phi) is 7.96. The molecular weight excluding hydrogens is 560 g/mol. The molecule has 2 aliphatic rings. The molecule has 2 N–H and O–H groups in total. The molecule has 2 aromatic heterocycles. The van der Waals surface area contributed by atoms with Gasteiger partial charge >= 0.3 is 0 Å². The normalized spacial score (nSPS) is 18.0. The predicted molar refractivity (Wildman–Crippen MR) is 163 cm³/mol. The number of aromatic nitrogens is 3. The number of hydrogen-bond acceptors (Lipinski definition) is 8. The topological polar surface area (TPSA) is 109 Å². The third-order valence-corrected chi connectivity index (χ3v) is 10.6. The van der Waals surface area contributed by atoms with E-state index in [2.05, 4.69) is 20.6 Å². The Labute approximate surface area is 245 Å². The van der Waals surface area contributed by atoms with Gasteiger partial charge in [-0.15, -0.1) is 0 Å². The number of halogens is 1. The molecule has 1 aliphatic heterocycles. The highest BCUT2D eigenvalue weighted by Crippen LogP contribution is 2.41. The highest BCUT2D eigenvalue weighted by atomic mass is 35.5. The highest BCUT2D eigenvalue weighted by molar-refractivity contribution is 7.94. The van der Waals surface area contributed by atoms with Crippen LogP contribution in [0.5, 0.6) is 11.6 Å². The summed E-state index contributed by atoms with van der Waals surface area (Å²) in [7, 11) is -3.70. The monoisotopic (exact) mass is 592 g/mol. The van der Waals surface area contributed by atoms with E-state index in [1.54, 1.807) is 24.5 Å². The van der Waals surface area contributed by atoms with E-state index in [0.29, 0.717) is 47.2 Å². The van der Waals surface area contributed by atoms with Crippen LogP contribution in [0.1, 0.15) is 44.1 Å². The van der Waals surface area contributed by atoms with Crippen molar-refractivity contribution >= 4 is 44.2 Å². The molecule has 9 nitrogen and oxygen atoms in total. The van der Waals surface area contributed by atoms with Gasteiger partial charge in [-0.2, -0.15) is 3.82 Å². The van der Waals surface area contributed by atoms with Gasteiger partial charge in [0.05, 0.1) is 22.2 Å². The zero-order valence-electron chi connectivity index (χ0n) is 22.9. The first kappa shape index (κ1) is 27.7. The molecule has 1 saturated carbocycles. The average Bonchev–Trinajstić information content (AvgIpc) is 3.55. The van der Waals surface area contributed by atoms with E-state index in [1.807, 2.05) is 43.3 Å². The lowest BCUT2D eigenvalue weighted by Crippen LogP contribution is -2.38. The fourth-order valence-corrected chi connectivity index (χ4v) is 7.77. The number of ether oxygens (including phenoxy) is 1. The maximum Gasteiger partial charge on any atom is 0.251 e. The number of benzene rings is 2. The molecule has 11 heteroatoms. The molecule has 2 fully saturated rings. The van der Waals surface area contributed by atoms with Crippen molar-refractivity contribution in [2.24, 2.45) is 0 Å². The summed E-state index contributed by atoms with van der Waals surface area (Å²) in [6.07, 6.45) is 8.63. The second kappa shape index (κ2) is 11.8. The molecule has 6 rings (SSSR count). The van der Waals surface area contributed by atoms with Crippen LogP contribution in [0.3, 0.4) is 0 Å². The number of sulfonamides is 1. The Morgan fingerprint density at radius 3 is 2.63 bits per heavy atom. The lowest BCUT2D eigenvalue weighted by molar-refractivity contribution is 0.466. The Balaban J connectivity index is 1.34. The minimum absolute atomic E-state index is 0.273. The van der Waals surface area contributed by atoms with Gasteiger partial charge in [0, 0.05) is 47.5 Å². The number of fused-ring (bicyclic) bond motifs is 1. The van der Waals surface area contributed by atoms with Crippen LogP contribution in [0.15, 0.2) is 60.9 Å². The van der Waals surface area contributed by atoms with Gasteiger partial charge in [0.25, 0.3) is 10.0 Å². The first-order chi connectivity index (χ1) is 19.9. The van der Waals surface area contributed by atoms with Crippen LogP contribution in [-0.2, 0) is 10.0 Å². The zero-order chi connectivity index (χ0) is 28.4. The standard InChI is InChI=1S/C30H33ClN6O3S/c1-20-13-14-23-24(10-4-12-27(23)37(31)41(38,39)22-8-2-3-9-22)28(20)40-29-25(11-6-17-33-29)26-15-18-34-30(36-26)35-21-7-5-16-32-19-21/h4,6,10-15,17-18,21-22,32H,2-3,5,7-9,16,19H2,1H3,(H,34,35,36)/t21-/m0/s1. The van der Waals surface area contributed by atoms with Crippen molar-refractivity contribution in [3.63, 3.8) is 0 Å². The zero-order valence-corrected chi connectivity index (χ0v) is 24.5. The van der Waals surface area contributed by atoms with Crippen molar-refractivity contribution in [2.45, 2.75) is 56.7 Å². The first-order valence-electron chi connectivity index (χ1n) is 14.1. The van der Waals surface area contributed by atoms with E-state index in [-0.39, 0.29) is 6.04 Å². The molecule has 0 bridgehead atoms. The molecular formula is C30H33ClN6O3S. The van der Waals surface area contributed by atoms with Crippen LogP contribution in [0.4, 0.5) is 11.6 Å². The number of nitrogens with one attached hydrogen (secondary N) is 2. The second-order valence-electron chi connectivity index (χ2n) is 10.7. The van der Waals surface area contributed by atoms with E-state index in [9.17, 15) is 8.42 Å². The minimum Gasteiger partial charge on any atom is -0.437 e. The van der Waals surface area contributed by atoms with Gasteiger partial charge in [0.1, 0.15) is 5.75 Å². The van der Waals surface area contributed by atoms with Gasteiger partial charge in [0.15, 0.2) is 0 Å². The minimum atomic E-state index is -3.70. The van der Waals surface area contributed by atoms with Gasteiger partial charge in [-0.1, -0.05) is 37.1 Å². The van der Waals surface area contributed by atoms with Crippen molar-refractivity contribution in [2.75, 3.05) is 22.2 Å². The van der Waals surface area contributed by atoms with Gasteiger partial charge in [-0.05, 0) is 69.0 Å². The summed E-state index contributed by atoms with van der Waals surface area (Å²) in [5, 5.41) is 7.78. The number of nitrogens with zero attached hydrogens (tertiary/aromatic N) is 4. The average molecular weight is 593 g/mol. The molecule has 0 unspecified atom stereocenters. The fourth-order valence-electron chi connectivity index (χ4n) is 5.67. The van der Waals surface area contributed by atoms with Crippen LogP contribution in [0.2, 0.25) is 0 Å². The van der Waals surface area contributed by atoms with Crippen LogP contribution >= 0.6 is 11.8 Å². The van der Waals surface area contributed by atoms with E-state index >= 15 is 0 Å². The number of rotatable bonds is 8. The summed E-state index contributed by atoms with van der Waals surface area (Å²) in [6, 6.07) is 15.1. The third-order valence-electron chi connectivity index (χ3n) is 7.85. The Hall–Kier alpha value is -3.47. The SMILES string of the molecule is Cc1ccc2c(N(Cl)S(=O)(=O)C3CCCC3)cccc2c1Oc1ncccc1-c1ccnc(N[C@H]2CCCNC2)n1. The molecule has 1 saturated heterocycles. The quantitative estimate of drug-likeness (QED) is 0.233. The predicted octanol–water partition coefficient (Wildman–Crippen LogP) is 6.19. The van der Waals surface area contributed by atoms with Gasteiger partial charge < -0.3 is 15.4 Å². The van der Waals surface area contributed by atoms with E-state index in [0.717, 1.165) is 59.1 Å². The largest absolute Gasteiger partial charge is 0.437 e. The summed E-state index contributed by atoms with van der Waals surface area (Å²) in [5.41, 5.74) is 2.68. The summed E-state index contributed by atoms with van der Waals surface area (Å²) in [6.45, 7) is 3.85. The van der Waals surface area contributed by atoms with Crippen molar-refractivity contribution in [3.8, 4) is 22.9 Å². The van der Waals surface area contributed by atoms with Crippen molar-refractivity contribution in [3.05, 3.63) is 66.5 Å². The molecule has 3 heterocycles. The highest BCUT2D eigenvalue weighted by Gasteiger charge is 2.34. The molecule has 4 aromatic rings. The van der Waals surface area contributed by atoms with Crippen LogP contribution in [0, 0.1) is 6.92 Å². The summed E-state index contributed by atoms with van der Waals surface area (Å²) in [4.78, 5) is 13.7. The number of piperidine rings is 1. The van der Waals surface area contributed by atoms with E-state index < -0.39 is 15.3 Å². The number of pyridine rings is 1. The smallest absolute Gasteiger partial charge is 0.251 e. The molecule has 1 atom stereocenters. The van der Waals surface area contributed by atoms with E-state index in [1.165, 1.54) is 0 Å². The van der Waals surface area contributed by atoms with Crippen LogP contribution in [-0.4, -0.2) is 47.8 Å². The fraction of sp³-hybridized carbons (Fsp3) is 0.367. The molecule has 0 radical (unpaired) electrons. The molecule has 41 heavy (non-hydrogen) atoms. The maximum absolute atomic E-state index is 13.3. The number of hydrogen-bond donors (Lipinski definition) is 2. The number of anilines is 2. The summed E-state index contributed by atoms with van der Waals surface area (Å²) < 4.78 is 34.0. The van der Waals surface area contributed by atoms with Crippen molar-refractivity contribution in [1.82, 2.24) is 20.3 Å². The summed E-state index contributed by atoms with van der Waals surface area (Å²) >= 11 is 6.57. The van der Waals surface area contributed by atoms with Crippen molar-refractivity contribution < 1.29 is 13.2 Å². The first-order valence-corrected chi connectivity index (χ1v) is 15.9. The Bertz CT molecular complexity index is 1660. The van der Waals surface area contributed by atoms with Crippen LogP contribution < -0.4 is 19.2 Å². The van der Waals surface area contributed by atoms with Gasteiger partial charge in [-0.3, -0.25) is 0 Å². The Morgan fingerprint density at radius 2 is 1.83 bits per heavy atom. The lowest BCUT2D eigenvalue weighted by atomic mass is 10.0. The molecule has 0 spiro atoms.